The van der Waals surface area contributed by atoms with Crippen molar-refractivity contribution in [3.05, 3.63) is 33.8 Å². The lowest BCUT2D eigenvalue weighted by Gasteiger charge is -2.11. The van der Waals surface area contributed by atoms with Crippen LogP contribution in [0.1, 0.15) is 30.1 Å². The van der Waals surface area contributed by atoms with Gasteiger partial charge in [-0.2, -0.15) is 0 Å². The van der Waals surface area contributed by atoms with Crippen molar-refractivity contribution in [2.24, 2.45) is 0 Å². The van der Waals surface area contributed by atoms with Crippen molar-refractivity contribution < 1.29 is 9.90 Å². The minimum absolute atomic E-state index is 0.233. The van der Waals surface area contributed by atoms with Crippen LogP contribution in [0.25, 0.3) is 0 Å². The van der Waals surface area contributed by atoms with E-state index in [2.05, 4.69) is 5.32 Å². The van der Waals surface area contributed by atoms with E-state index in [1.165, 1.54) is 12.1 Å². The number of hydrogen-bond acceptors (Lipinski definition) is 2. The van der Waals surface area contributed by atoms with Crippen LogP contribution < -0.4 is 5.32 Å². The summed E-state index contributed by atoms with van der Waals surface area (Å²) >= 11 is 11.6. The topological polar surface area (TPSA) is 49.3 Å². The maximum atomic E-state index is 11.7. The quantitative estimate of drug-likeness (QED) is 0.868. The van der Waals surface area contributed by atoms with Gasteiger partial charge in [0.15, 0.2) is 0 Å². The highest BCUT2D eigenvalue weighted by Crippen LogP contribution is 2.18. The molecule has 1 aromatic rings. The van der Waals surface area contributed by atoms with E-state index in [-0.39, 0.29) is 12.5 Å². The van der Waals surface area contributed by atoms with Crippen LogP contribution in [0, 0.1) is 0 Å². The number of halogens is 2. The lowest BCUT2D eigenvalue weighted by molar-refractivity contribution is 0.0910. The number of carbonyl (C=O) groups excluding carboxylic acids is 1. The zero-order chi connectivity index (χ0) is 12.8. The van der Waals surface area contributed by atoms with Crippen molar-refractivity contribution in [3.63, 3.8) is 0 Å². The summed E-state index contributed by atoms with van der Waals surface area (Å²) in [5.74, 6) is -0.287. The monoisotopic (exact) mass is 275 g/mol. The number of amides is 1. The largest absolute Gasteiger partial charge is 0.391 e. The number of carbonyl (C=O) groups is 1. The van der Waals surface area contributed by atoms with E-state index in [0.717, 1.165) is 6.42 Å². The molecule has 1 rings (SSSR count). The van der Waals surface area contributed by atoms with Gasteiger partial charge in [-0.25, -0.2) is 0 Å². The summed E-state index contributed by atoms with van der Waals surface area (Å²) in [6.45, 7) is 2.21. The summed E-state index contributed by atoms with van der Waals surface area (Å²) in [4.78, 5) is 11.7. The Morgan fingerprint density at radius 3 is 2.47 bits per heavy atom. The Labute approximate surface area is 111 Å². The van der Waals surface area contributed by atoms with E-state index in [1.54, 1.807) is 6.07 Å². The normalized spacial score (nSPS) is 12.2. The van der Waals surface area contributed by atoms with Crippen molar-refractivity contribution in [1.82, 2.24) is 5.32 Å². The fraction of sp³-hybridized carbons (Fsp3) is 0.417. The van der Waals surface area contributed by atoms with E-state index in [9.17, 15) is 9.90 Å². The third-order valence-electron chi connectivity index (χ3n) is 2.24. The fourth-order valence-electron chi connectivity index (χ4n) is 1.43. The first-order chi connectivity index (χ1) is 8.02. The number of rotatable bonds is 5. The molecule has 0 aliphatic rings. The third kappa shape index (κ3) is 4.94. The average Bonchev–Trinajstić information content (AvgIpc) is 2.25. The summed E-state index contributed by atoms with van der Waals surface area (Å²) in [5.41, 5.74) is 0.395. The number of nitrogens with one attached hydrogen (secondary N) is 1. The number of aliphatic hydroxyl groups excluding tert-OH is 1. The highest BCUT2D eigenvalue weighted by Gasteiger charge is 2.09. The minimum Gasteiger partial charge on any atom is -0.391 e. The van der Waals surface area contributed by atoms with Crippen molar-refractivity contribution in [3.8, 4) is 0 Å². The van der Waals surface area contributed by atoms with Gasteiger partial charge in [-0.1, -0.05) is 36.5 Å². The molecule has 1 unspecified atom stereocenters. The predicted octanol–water partition coefficient (Wildman–Crippen LogP) is 2.88. The van der Waals surface area contributed by atoms with Crippen LogP contribution in [0.5, 0.6) is 0 Å². The van der Waals surface area contributed by atoms with Gasteiger partial charge >= 0.3 is 0 Å². The molecule has 17 heavy (non-hydrogen) atoms. The van der Waals surface area contributed by atoms with Gasteiger partial charge < -0.3 is 10.4 Å². The van der Waals surface area contributed by atoms with E-state index in [1.807, 2.05) is 6.92 Å². The molecule has 0 aromatic heterocycles. The van der Waals surface area contributed by atoms with Gasteiger partial charge in [-0.05, 0) is 24.6 Å². The lowest BCUT2D eigenvalue weighted by atomic mass is 10.2. The zero-order valence-electron chi connectivity index (χ0n) is 9.54. The molecule has 0 fully saturated rings. The SMILES string of the molecule is CCCC(O)CNC(=O)c1cc(Cl)cc(Cl)c1. The van der Waals surface area contributed by atoms with E-state index in [4.69, 9.17) is 23.2 Å². The molecule has 0 aliphatic heterocycles. The van der Waals surface area contributed by atoms with Gasteiger partial charge in [-0.15, -0.1) is 0 Å². The highest BCUT2D eigenvalue weighted by molar-refractivity contribution is 6.35. The Morgan fingerprint density at radius 1 is 1.35 bits per heavy atom. The van der Waals surface area contributed by atoms with Gasteiger partial charge in [0.25, 0.3) is 5.91 Å². The Balaban J connectivity index is 2.58. The van der Waals surface area contributed by atoms with Crippen LogP contribution >= 0.6 is 23.2 Å². The van der Waals surface area contributed by atoms with Crippen LogP contribution in [-0.2, 0) is 0 Å². The van der Waals surface area contributed by atoms with Crippen molar-refractivity contribution >= 4 is 29.1 Å². The molecule has 0 heterocycles. The molecule has 0 aliphatic carbocycles. The zero-order valence-corrected chi connectivity index (χ0v) is 11.1. The van der Waals surface area contributed by atoms with Crippen LogP contribution in [0.4, 0.5) is 0 Å². The Kier molecular flexibility index (Phi) is 5.75. The molecule has 2 N–H and O–H groups in total. The Bertz CT molecular complexity index is 376. The molecule has 0 radical (unpaired) electrons. The fourth-order valence-corrected chi connectivity index (χ4v) is 1.96. The molecular formula is C12H15Cl2NO2. The maximum Gasteiger partial charge on any atom is 0.251 e. The Morgan fingerprint density at radius 2 is 1.94 bits per heavy atom. The minimum atomic E-state index is -0.515. The molecule has 5 heteroatoms. The van der Waals surface area contributed by atoms with Gasteiger partial charge in [0.2, 0.25) is 0 Å². The third-order valence-corrected chi connectivity index (χ3v) is 2.68. The first-order valence-electron chi connectivity index (χ1n) is 5.45. The van der Waals surface area contributed by atoms with Gasteiger partial charge in [0.1, 0.15) is 0 Å². The van der Waals surface area contributed by atoms with Crippen LogP contribution in [0.2, 0.25) is 10.0 Å². The van der Waals surface area contributed by atoms with Gasteiger partial charge in [0.05, 0.1) is 6.10 Å². The summed E-state index contributed by atoms with van der Waals surface area (Å²) in [6.07, 6.45) is 1.02. The second kappa shape index (κ2) is 6.84. The first kappa shape index (κ1) is 14.3. The number of aliphatic hydroxyl groups is 1. The van der Waals surface area contributed by atoms with Crippen LogP contribution in [0.3, 0.4) is 0 Å². The standard InChI is InChI=1S/C12H15Cl2NO2/c1-2-3-11(16)7-15-12(17)8-4-9(13)6-10(14)5-8/h4-6,11,16H,2-3,7H2,1H3,(H,15,17). The van der Waals surface area contributed by atoms with Crippen LogP contribution in [-0.4, -0.2) is 23.7 Å². The molecule has 0 saturated heterocycles. The van der Waals surface area contributed by atoms with Gasteiger partial charge in [-0.3, -0.25) is 4.79 Å². The maximum absolute atomic E-state index is 11.7. The first-order valence-corrected chi connectivity index (χ1v) is 6.21. The van der Waals surface area contributed by atoms with Crippen molar-refractivity contribution in [2.45, 2.75) is 25.9 Å². The van der Waals surface area contributed by atoms with Crippen molar-refractivity contribution in [1.29, 1.82) is 0 Å². The summed E-state index contributed by atoms with van der Waals surface area (Å²) in [5, 5.41) is 12.9. The molecule has 0 saturated carbocycles. The molecule has 1 atom stereocenters. The predicted molar refractivity (Wildman–Crippen MR) is 69.7 cm³/mol. The lowest BCUT2D eigenvalue weighted by Crippen LogP contribution is -2.31. The molecule has 1 aromatic carbocycles. The van der Waals surface area contributed by atoms with Crippen LogP contribution in [0.15, 0.2) is 18.2 Å². The second-order valence-corrected chi connectivity index (χ2v) is 4.68. The van der Waals surface area contributed by atoms with Gasteiger partial charge in [0, 0.05) is 22.2 Å². The van der Waals surface area contributed by atoms with Crippen molar-refractivity contribution in [2.75, 3.05) is 6.54 Å². The Hall–Kier alpha value is -0.770. The molecule has 94 valence electrons. The highest BCUT2D eigenvalue weighted by atomic mass is 35.5. The number of benzene rings is 1. The molecular weight excluding hydrogens is 261 g/mol. The average molecular weight is 276 g/mol. The van der Waals surface area contributed by atoms with E-state index < -0.39 is 6.10 Å². The molecule has 0 spiro atoms. The molecule has 3 nitrogen and oxygen atoms in total. The second-order valence-electron chi connectivity index (χ2n) is 3.81. The summed E-state index contributed by atoms with van der Waals surface area (Å²) in [6, 6.07) is 4.63. The van der Waals surface area contributed by atoms with E-state index >= 15 is 0 Å². The summed E-state index contributed by atoms with van der Waals surface area (Å²) < 4.78 is 0. The number of hydrogen-bond donors (Lipinski definition) is 2. The molecule has 0 bridgehead atoms. The smallest absolute Gasteiger partial charge is 0.251 e. The summed E-state index contributed by atoms with van der Waals surface area (Å²) in [7, 11) is 0. The van der Waals surface area contributed by atoms with E-state index in [0.29, 0.717) is 22.0 Å². The molecule has 1 amide bonds.